The fraction of sp³-hybridized carbons (Fsp3) is 1.00. The number of rotatable bonds is 1. The third-order valence-electron chi connectivity index (χ3n) is 4.06. The predicted molar refractivity (Wildman–Crippen MR) is 45.2 cm³/mol. The van der Waals surface area contributed by atoms with Crippen molar-refractivity contribution >= 4 is 0 Å². The zero-order chi connectivity index (χ0) is 8.22. The molecule has 1 nitrogen and oxygen atoms in total. The minimum atomic E-state index is 0.0167. The number of hydrogen-bond acceptors (Lipinski definition) is 1. The molecular weight excluding hydrogens is 136 g/mol. The second kappa shape index (κ2) is 2.01. The summed E-state index contributed by atoms with van der Waals surface area (Å²) in [6.07, 6.45) is 2.24. The Bertz CT molecular complexity index is 174. The summed E-state index contributed by atoms with van der Waals surface area (Å²) in [6, 6.07) is 0. The average molecular weight is 154 g/mol. The van der Waals surface area contributed by atoms with Gasteiger partial charge in [-0.3, -0.25) is 0 Å². The molecule has 2 aliphatic rings. The van der Waals surface area contributed by atoms with Gasteiger partial charge in [0.05, 0.1) is 6.10 Å². The average Bonchev–Trinajstić information content (AvgIpc) is 2.38. The summed E-state index contributed by atoms with van der Waals surface area (Å²) in [4.78, 5) is 0. The van der Waals surface area contributed by atoms with Crippen LogP contribution in [0.15, 0.2) is 0 Å². The lowest BCUT2D eigenvalue weighted by molar-refractivity contribution is 0.0927. The molecule has 0 aromatic carbocycles. The van der Waals surface area contributed by atoms with Crippen LogP contribution in [0.1, 0.15) is 33.6 Å². The second-order valence-corrected chi connectivity index (χ2v) is 4.83. The van der Waals surface area contributed by atoms with Crippen LogP contribution in [-0.2, 0) is 0 Å². The molecule has 0 radical (unpaired) electrons. The van der Waals surface area contributed by atoms with Crippen LogP contribution in [0.3, 0.4) is 0 Å². The van der Waals surface area contributed by atoms with Gasteiger partial charge in [0.15, 0.2) is 0 Å². The third-order valence-corrected chi connectivity index (χ3v) is 4.06. The smallest absolute Gasteiger partial charge is 0.0574 e. The van der Waals surface area contributed by atoms with E-state index in [1.807, 2.05) is 0 Å². The van der Waals surface area contributed by atoms with E-state index in [9.17, 15) is 5.11 Å². The summed E-state index contributed by atoms with van der Waals surface area (Å²) in [5.74, 6) is 2.28. The fourth-order valence-electron chi connectivity index (χ4n) is 3.29. The molecule has 2 unspecified atom stereocenters. The van der Waals surface area contributed by atoms with Crippen molar-refractivity contribution in [3.63, 3.8) is 0 Å². The van der Waals surface area contributed by atoms with Crippen LogP contribution >= 0.6 is 0 Å². The summed E-state index contributed by atoms with van der Waals surface area (Å²) in [5, 5.41) is 9.62. The minimum absolute atomic E-state index is 0.0167. The standard InChI is InChI=1S/C10H18O/c1-4-6-8(11)5-7-9(6)10(7,2)3/h6-9,11H,4-5H2,1-3H3/t6-,7?,8+,9?/m1/s1. The Balaban J connectivity index is 2.11. The number of hydrogen-bond donors (Lipinski definition) is 1. The van der Waals surface area contributed by atoms with Crippen LogP contribution < -0.4 is 0 Å². The van der Waals surface area contributed by atoms with E-state index in [0.29, 0.717) is 11.3 Å². The summed E-state index contributed by atoms with van der Waals surface area (Å²) in [7, 11) is 0. The van der Waals surface area contributed by atoms with Gasteiger partial charge in [0.2, 0.25) is 0 Å². The van der Waals surface area contributed by atoms with Gasteiger partial charge in [-0.25, -0.2) is 0 Å². The van der Waals surface area contributed by atoms with Crippen LogP contribution in [0, 0.1) is 23.2 Å². The van der Waals surface area contributed by atoms with Crippen molar-refractivity contribution in [2.75, 3.05) is 0 Å². The first kappa shape index (κ1) is 7.60. The van der Waals surface area contributed by atoms with Crippen molar-refractivity contribution < 1.29 is 5.11 Å². The van der Waals surface area contributed by atoms with Gasteiger partial charge in [-0.15, -0.1) is 0 Å². The molecule has 0 aromatic heterocycles. The minimum Gasteiger partial charge on any atom is -0.393 e. The zero-order valence-electron chi connectivity index (χ0n) is 7.67. The van der Waals surface area contributed by atoms with Gasteiger partial charge < -0.3 is 5.11 Å². The Morgan fingerprint density at radius 3 is 2.45 bits per heavy atom. The highest BCUT2D eigenvalue weighted by Crippen LogP contribution is 2.69. The van der Waals surface area contributed by atoms with Gasteiger partial charge >= 0.3 is 0 Å². The van der Waals surface area contributed by atoms with Gasteiger partial charge in [-0.2, -0.15) is 0 Å². The Hall–Kier alpha value is -0.0400. The molecule has 2 aliphatic carbocycles. The summed E-state index contributed by atoms with van der Waals surface area (Å²) >= 11 is 0. The first-order valence-corrected chi connectivity index (χ1v) is 4.77. The van der Waals surface area contributed by atoms with Crippen LogP contribution in [0.4, 0.5) is 0 Å². The van der Waals surface area contributed by atoms with Gasteiger partial charge in [0, 0.05) is 0 Å². The number of aliphatic hydroxyl groups excluding tert-OH is 1. The molecule has 0 spiro atoms. The molecule has 11 heavy (non-hydrogen) atoms. The first-order valence-electron chi connectivity index (χ1n) is 4.77. The molecule has 0 heterocycles. The molecule has 1 heteroatoms. The monoisotopic (exact) mass is 154 g/mol. The largest absolute Gasteiger partial charge is 0.393 e. The lowest BCUT2D eigenvalue weighted by Crippen LogP contribution is -2.21. The molecule has 64 valence electrons. The molecular formula is C10H18O. The molecule has 0 aromatic rings. The van der Waals surface area contributed by atoms with Crippen molar-refractivity contribution in [2.24, 2.45) is 23.2 Å². The molecule has 1 N–H and O–H groups in total. The maximum absolute atomic E-state index is 9.62. The Labute approximate surface area is 68.8 Å². The second-order valence-electron chi connectivity index (χ2n) is 4.83. The third kappa shape index (κ3) is 0.807. The molecule has 2 fully saturated rings. The summed E-state index contributed by atoms with van der Waals surface area (Å²) < 4.78 is 0. The van der Waals surface area contributed by atoms with Crippen LogP contribution in [0.25, 0.3) is 0 Å². The van der Waals surface area contributed by atoms with Crippen molar-refractivity contribution in [3.05, 3.63) is 0 Å². The highest BCUT2D eigenvalue weighted by molar-refractivity contribution is 5.14. The lowest BCUT2D eigenvalue weighted by atomic mass is 9.89. The maximum Gasteiger partial charge on any atom is 0.0574 e. The van der Waals surface area contributed by atoms with Gasteiger partial charge in [0.25, 0.3) is 0 Å². The van der Waals surface area contributed by atoms with E-state index in [1.54, 1.807) is 0 Å². The molecule has 0 amide bonds. The highest BCUT2D eigenvalue weighted by atomic mass is 16.3. The number of aliphatic hydroxyl groups is 1. The zero-order valence-corrected chi connectivity index (χ0v) is 7.67. The van der Waals surface area contributed by atoms with E-state index in [2.05, 4.69) is 20.8 Å². The van der Waals surface area contributed by atoms with E-state index < -0.39 is 0 Å². The fourth-order valence-corrected chi connectivity index (χ4v) is 3.29. The quantitative estimate of drug-likeness (QED) is 0.613. The summed E-state index contributed by atoms with van der Waals surface area (Å²) in [5.41, 5.74) is 0.555. The Morgan fingerprint density at radius 2 is 2.09 bits per heavy atom. The van der Waals surface area contributed by atoms with Crippen molar-refractivity contribution in [1.29, 1.82) is 0 Å². The van der Waals surface area contributed by atoms with Gasteiger partial charge in [0.1, 0.15) is 0 Å². The molecule has 2 saturated carbocycles. The van der Waals surface area contributed by atoms with Crippen LogP contribution in [0.5, 0.6) is 0 Å². The van der Waals surface area contributed by atoms with E-state index >= 15 is 0 Å². The molecule has 4 atom stereocenters. The predicted octanol–water partition coefficient (Wildman–Crippen LogP) is 2.05. The van der Waals surface area contributed by atoms with Crippen molar-refractivity contribution in [2.45, 2.75) is 39.7 Å². The Morgan fingerprint density at radius 1 is 1.45 bits per heavy atom. The van der Waals surface area contributed by atoms with E-state index in [0.717, 1.165) is 24.7 Å². The lowest BCUT2D eigenvalue weighted by Gasteiger charge is -2.20. The maximum atomic E-state index is 9.62. The van der Waals surface area contributed by atoms with E-state index in [4.69, 9.17) is 0 Å². The highest BCUT2D eigenvalue weighted by Gasteiger charge is 2.65. The van der Waals surface area contributed by atoms with Gasteiger partial charge in [-0.1, -0.05) is 27.2 Å². The Kier molecular flexibility index (Phi) is 1.39. The van der Waals surface area contributed by atoms with E-state index in [1.165, 1.54) is 0 Å². The SMILES string of the molecule is CC[C@H]1C2C(C[C@@H]1O)C2(C)C. The molecule has 0 bridgehead atoms. The topological polar surface area (TPSA) is 20.2 Å². The normalized spacial score (nSPS) is 52.4. The molecule has 2 rings (SSSR count). The molecule has 0 saturated heterocycles. The summed E-state index contributed by atoms with van der Waals surface area (Å²) in [6.45, 7) is 6.89. The van der Waals surface area contributed by atoms with Crippen molar-refractivity contribution in [1.82, 2.24) is 0 Å². The van der Waals surface area contributed by atoms with Crippen LogP contribution in [-0.4, -0.2) is 11.2 Å². The van der Waals surface area contributed by atoms with Crippen molar-refractivity contribution in [3.8, 4) is 0 Å². The number of fused-ring (bicyclic) bond motifs is 1. The first-order chi connectivity index (χ1) is 5.09. The van der Waals surface area contributed by atoms with Gasteiger partial charge in [-0.05, 0) is 29.6 Å². The van der Waals surface area contributed by atoms with E-state index in [-0.39, 0.29) is 6.10 Å². The molecule has 0 aliphatic heterocycles. The van der Waals surface area contributed by atoms with Crippen LogP contribution in [0.2, 0.25) is 0 Å².